The van der Waals surface area contributed by atoms with Gasteiger partial charge in [0.2, 0.25) is 5.91 Å². The van der Waals surface area contributed by atoms with Crippen molar-refractivity contribution in [3.8, 4) is 0 Å². The molecule has 0 fully saturated rings. The Morgan fingerprint density at radius 2 is 2.25 bits per heavy atom. The Bertz CT molecular complexity index is 390. The predicted octanol–water partition coefficient (Wildman–Crippen LogP) is 1.22. The lowest BCUT2D eigenvalue weighted by Crippen LogP contribution is -2.39. The van der Waals surface area contributed by atoms with E-state index in [1.807, 2.05) is 29.2 Å². The van der Waals surface area contributed by atoms with E-state index in [2.05, 4.69) is 5.32 Å². The summed E-state index contributed by atoms with van der Waals surface area (Å²) in [5, 5.41) is 12.1. The fourth-order valence-corrected chi connectivity index (χ4v) is 1.85. The van der Waals surface area contributed by atoms with Gasteiger partial charge in [0.25, 0.3) is 0 Å². The van der Waals surface area contributed by atoms with Gasteiger partial charge in [-0.05, 0) is 25.5 Å². The fourth-order valence-electron chi connectivity index (χ4n) is 1.85. The first kappa shape index (κ1) is 11.0. The van der Waals surface area contributed by atoms with E-state index in [9.17, 15) is 9.90 Å². The van der Waals surface area contributed by atoms with E-state index in [0.717, 1.165) is 11.4 Å². The molecule has 1 aromatic carbocycles. The van der Waals surface area contributed by atoms with Crippen LogP contribution < -0.4 is 10.2 Å². The lowest BCUT2D eigenvalue weighted by atomic mass is 10.1. The van der Waals surface area contributed by atoms with Gasteiger partial charge in [0, 0.05) is 6.54 Å². The largest absolute Gasteiger partial charge is 0.393 e. The van der Waals surface area contributed by atoms with Crippen LogP contribution in [0.4, 0.5) is 11.4 Å². The molecule has 4 nitrogen and oxygen atoms in total. The van der Waals surface area contributed by atoms with E-state index in [1.165, 1.54) is 0 Å². The number of aliphatic hydroxyl groups is 1. The number of hydrogen-bond donors (Lipinski definition) is 2. The SMILES string of the molecule is CC(O)CCN1CC(=O)Nc2ccccc21. The van der Waals surface area contributed by atoms with Crippen LogP contribution in [0, 0.1) is 0 Å². The minimum atomic E-state index is -0.336. The molecule has 86 valence electrons. The van der Waals surface area contributed by atoms with Crippen LogP contribution in [0.1, 0.15) is 13.3 Å². The van der Waals surface area contributed by atoms with Gasteiger partial charge in [0.1, 0.15) is 0 Å². The zero-order valence-corrected chi connectivity index (χ0v) is 9.31. The highest BCUT2D eigenvalue weighted by atomic mass is 16.3. The van der Waals surface area contributed by atoms with Crippen molar-refractivity contribution in [2.24, 2.45) is 0 Å². The number of para-hydroxylation sites is 2. The minimum Gasteiger partial charge on any atom is -0.393 e. The van der Waals surface area contributed by atoms with Crippen molar-refractivity contribution in [1.82, 2.24) is 0 Å². The Hall–Kier alpha value is -1.55. The van der Waals surface area contributed by atoms with Crippen LogP contribution in [-0.2, 0) is 4.79 Å². The maximum absolute atomic E-state index is 11.5. The molecule has 1 aliphatic heterocycles. The molecule has 0 radical (unpaired) electrons. The summed E-state index contributed by atoms with van der Waals surface area (Å²) < 4.78 is 0. The second-order valence-electron chi connectivity index (χ2n) is 4.12. The van der Waals surface area contributed by atoms with Gasteiger partial charge in [-0.15, -0.1) is 0 Å². The Morgan fingerprint density at radius 3 is 3.00 bits per heavy atom. The molecular formula is C12H16N2O2. The summed E-state index contributed by atoms with van der Waals surface area (Å²) in [5.41, 5.74) is 1.88. The van der Waals surface area contributed by atoms with Gasteiger partial charge in [-0.25, -0.2) is 0 Å². The average molecular weight is 220 g/mol. The quantitative estimate of drug-likeness (QED) is 0.805. The van der Waals surface area contributed by atoms with E-state index in [4.69, 9.17) is 0 Å². The predicted molar refractivity (Wildman–Crippen MR) is 63.6 cm³/mol. The van der Waals surface area contributed by atoms with Crippen LogP contribution in [0.5, 0.6) is 0 Å². The third-order valence-electron chi connectivity index (χ3n) is 2.67. The maximum Gasteiger partial charge on any atom is 0.243 e. The lowest BCUT2D eigenvalue weighted by molar-refractivity contribution is -0.115. The number of carbonyl (C=O) groups is 1. The number of hydrogen-bond acceptors (Lipinski definition) is 3. The molecule has 1 atom stereocenters. The molecule has 1 unspecified atom stereocenters. The molecule has 1 heterocycles. The van der Waals surface area contributed by atoms with Gasteiger partial charge in [-0.3, -0.25) is 4.79 Å². The number of amides is 1. The first-order valence-corrected chi connectivity index (χ1v) is 5.48. The van der Waals surface area contributed by atoms with Crippen LogP contribution in [0.15, 0.2) is 24.3 Å². The maximum atomic E-state index is 11.5. The zero-order chi connectivity index (χ0) is 11.5. The van der Waals surface area contributed by atoms with Crippen LogP contribution in [0.25, 0.3) is 0 Å². The molecule has 0 saturated carbocycles. The van der Waals surface area contributed by atoms with Gasteiger partial charge >= 0.3 is 0 Å². The van der Waals surface area contributed by atoms with Gasteiger partial charge in [-0.2, -0.15) is 0 Å². The van der Waals surface area contributed by atoms with Crippen molar-refractivity contribution in [2.75, 3.05) is 23.3 Å². The number of benzene rings is 1. The first-order valence-electron chi connectivity index (χ1n) is 5.48. The molecule has 0 bridgehead atoms. The summed E-state index contributed by atoms with van der Waals surface area (Å²) in [6.07, 6.45) is 0.332. The minimum absolute atomic E-state index is 0.00397. The smallest absolute Gasteiger partial charge is 0.243 e. The highest BCUT2D eigenvalue weighted by Gasteiger charge is 2.21. The summed E-state index contributed by atoms with van der Waals surface area (Å²) in [6, 6.07) is 7.72. The molecule has 4 heteroatoms. The van der Waals surface area contributed by atoms with Crippen molar-refractivity contribution in [3.63, 3.8) is 0 Å². The van der Waals surface area contributed by atoms with Crippen LogP contribution >= 0.6 is 0 Å². The third-order valence-corrected chi connectivity index (χ3v) is 2.67. The number of nitrogens with one attached hydrogen (secondary N) is 1. The van der Waals surface area contributed by atoms with Crippen molar-refractivity contribution >= 4 is 17.3 Å². The molecule has 0 aromatic heterocycles. The van der Waals surface area contributed by atoms with E-state index in [-0.39, 0.29) is 12.0 Å². The molecule has 0 saturated heterocycles. The molecule has 1 aliphatic rings. The monoisotopic (exact) mass is 220 g/mol. The topological polar surface area (TPSA) is 52.6 Å². The second kappa shape index (κ2) is 4.53. The Labute approximate surface area is 94.9 Å². The molecule has 0 aliphatic carbocycles. The van der Waals surface area contributed by atoms with Crippen molar-refractivity contribution in [1.29, 1.82) is 0 Å². The number of aliphatic hydroxyl groups excluding tert-OH is 1. The van der Waals surface area contributed by atoms with E-state index in [1.54, 1.807) is 6.92 Å². The molecule has 2 rings (SSSR count). The molecule has 1 aromatic rings. The highest BCUT2D eigenvalue weighted by Crippen LogP contribution is 2.28. The molecular weight excluding hydrogens is 204 g/mol. The Balaban J connectivity index is 2.17. The molecule has 1 amide bonds. The number of anilines is 2. The van der Waals surface area contributed by atoms with Crippen molar-refractivity contribution in [2.45, 2.75) is 19.4 Å². The van der Waals surface area contributed by atoms with E-state index in [0.29, 0.717) is 19.5 Å². The van der Waals surface area contributed by atoms with Crippen molar-refractivity contribution < 1.29 is 9.90 Å². The standard InChI is InChI=1S/C12H16N2O2/c1-9(15)6-7-14-8-12(16)13-10-4-2-3-5-11(10)14/h2-5,9,15H,6-8H2,1H3,(H,13,16). The number of fused-ring (bicyclic) bond motifs is 1. The summed E-state index contributed by atoms with van der Waals surface area (Å²) in [4.78, 5) is 13.5. The Morgan fingerprint density at radius 1 is 1.50 bits per heavy atom. The van der Waals surface area contributed by atoms with Crippen LogP contribution in [0.2, 0.25) is 0 Å². The van der Waals surface area contributed by atoms with Gasteiger partial charge in [-0.1, -0.05) is 12.1 Å². The van der Waals surface area contributed by atoms with E-state index < -0.39 is 0 Å². The third kappa shape index (κ3) is 2.33. The van der Waals surface area contributed by atoms with E-state index >= 15 is 0 Å². The van der Waals surface area contributed by atoms with Crippen LogP contribution in [0.3, 0.4) is 0 Å². The number of rotatable bonds is 3. The highest BCUT2D eigenvalue weighted by molar-refractivity contribution is 6.01. The Kier molecular flexibility index (Phi) is 3.10. The average Bonchev–Trinajstić information content (AvgIpc) is 2.25. The van der Waals surface area contributed by atoms with Crippen molar-refractivity contribution in [3.05, 3.63) is 24.3 Å². The number of nitrogens with zero attached hydrogens (tertiary/aromatic N) is 1. The summed E-state index contributed by atoms with van der Waals surface area (Å²) >= 11 is 0. The zero-order valence-electron chi connectivity index (χ0n) is 9.31. The van der Waals surface area contributed by atoms with Gasteiger partial charge < -0.3 is 15.3 Å². The lowest BCUT2D eigenvalue weighted by Gasteiger charge is -2.31. The molecule has 0 spiro atoms. The van der Waals surface area contributed by atoms with Gasteiger partial charge in [0.15, 0.2) is 0 Å². The summed E-state index contributed by atoms with van der Waals surface area (Å²) in [6.45, 7) is 2.82. The molecule has 2 N–H and O–H groups in total. The molecule has 16 heavy (non-hydrogen) atoms. The normalized spacial score (nSPS) is 16.6. The summed E-state index contributed by atoms with van der Waals surface area (Å²) in [5.74, 6) is 0.00397. The fraction of sp³-hybridized carbons (Fsp3) is 0.417. The van der Waals surface area contributed by atoms with Gasteiger partial charge in [0.05, 0.1) is 24.0 Å². The first-order chi connectivity index (χ1) is 7.66. The summed E-state index contributed by atoms with van der Waals surface area (Å²) in [7, 11) is 0. The number of carbonyl (C=O) groups excluding carboxylic acids is 1. The van der Waals surface area contributed by atoms with Crippen LogP contribution in [-0.4, -0.2) is 30.2 Å². The second-order valence-corrected chi connectivity index (χ2v) is 4.12.